The molecular weight excluding hydrogens is 294 g/mol. The van der Waals surface area contributed by atoms with Crippen LogP contribution in [0.2, 0.25) is 0 Å². The Bertz CT molecular complexity index is 270. The summed E-state index contributed by atoms with van der Waals surface area (Å²) >= 11 is 3.99. The topological polar surface area (TPSA) is 88.7 Å². The number of rotatable bonds is 15. The zero-order chi connectivity index (χ0) is 15.8. The van der Waals surface area contributed by atoms with Crippen LogP contribution in [0.5, 0.6) is 0 Å². The highest BCUT2D eigenvalue weighted by atomic mass is 32.1. The number of hydrogen-bond donors (Lipinski definition) is 4. The molecule has 0 saturated heterocycles. The van der Waals surface area contributed by atoms with Crippen molar-refractivity contribution in [2.45, 2.75) is 32.2 Å². The number of carbonyl (C=O) groups is 2. The molecule has 1 unspecified atom stereocenters. The Morgan fingerprint density at radius 2 is 1.95 bits per heavy atom. The molecule has 0 fully saturated rings. The standard InChI is InChI=1S/C13H27N3O4S/c1-12(16-21)4-2-3-5-15-13(18)10-20-9-8-19-7-6-14-11-17/h11-12,16,21H,2-10H2,1H3,(H,14,17)(H,15,18). The van der Waals surface area contributed by atoms with Gasteiger partial charge >= 0.3 is 0 Å². The average molecular weight is 321 g/mol. The zero-order valence-corrected chi connectivity index (χ0v) is 13.5. The summed E-state index contributed by atoms with van der Waals surface area (Å²) in [6, 6.07) is 0.383. The maximum absolute atomic E-state index is 11.4. The van der Waals surface area contributed by atoms with Crippen molar-refractivity contribution in [2.24, 2.45) is 0 Å². The molecule has 0 bridgehead atoms. The second-order valence-corrected chi connectivity index (χ2v) is 4.87. The average Bonchev–Trinajstić information content (AvgIpc) is 2.49. The lowest BCUT2D eigenvalue weighted by Gasteiger charge is -2.09. The van der Waals surface area contributed by atoms with Gasteiger partial charge in [0.15, 0.2) is 0 Å². The van der Waals surface area contributed by atoms with Crippen LogP contribution in [-0.2, 0) is 19.1 Å². The Balaban J connectivity index is 3.22. The van der Waals surface area contributed by atoms with Crippen LogP contribution < -0.4 is 15.4 Å². The first-order valence-electron chi connectivity index (χ1n) is 7.19. The molecular formula is C13H27N3O4S. The van der Waals surface area contributed by atoms with Crippen molar-refractivity contribution < 1.29 is 19.1 Å². The third-order valence-corrected chi connectivity index (χ3v) is 3.13. The van der Waals surface area contributed by atoms with Crippen LogP contribution in [0.15, 0.2) is 0 Å². The minimum atomic E-state index is -0.113. The Morgan fingerprint density at radius 3 is 2.67 bits per heavy atom. The van der Waals surface area contributed by atoms with Crippen molar-refractivity contribution in [3.8, 4) is 0 Å². The fourth-order valence-corrected chi connectivity index (χ4v) is 1.62. The summed E-state index contributed by atoms with van der Waals surface area (Å²) < 4.78 is 13.2. The van der Waals surface area contributed by atoms with Gasteiger partial charge in [-0.25, -0.2) is 0 Å². The minimum absolute atomic E-state index is 0.0462. The van der Waals surface area contributed by atoms with Crippen molar-refractivity contribution >= 4 is 25.1 Å². The first-order valence-corrected chi connectivity index (χ1v) is 7.64. The van der Waals surface area contributed by atoms with Crippen molar-refractivity contribution in [3.63, 3.8) is 0 Å². The van der Waals surface area contributed by atoms with Crippen molar-refractivity contribution in [1.29, 1.82) is 0 Å². The van der Waals surface area contributed by atoms with E-state index >= 15 is 0 Å². The van der Waals surface area contributed by atoms with E-state index in [1.165, 1.54) is 0 Å². The van der Waals surface area contributed by atoms with Gasteiger partial charge in [0.2, 0.25) is 12.3 Å². The summed E-state index contributed by atoms with van der Waals surface area (Å²) in [7, 11) is 0. The number of unbranched alkanes of at least 4 members (excludes halogenated alkanes) is 1. The van der Waals surface area contributed by atoms with Gasteiger partial charge in [-0.05, 0) is 19.8 Å². The Hall–Kier alpha value is -0.830. The quantitative estimate of drug-likeness (QED) is 0.192. The first-order chi connectivity index (χ1) is 10.2. The molecule has 0 saturated carbocycles. The molecule has 3 N–H and O–H groups in total. The fourth-order valence-electron chi connectivity index (χ4n) is 1.49. The minimum Gasteiger partial charge on any atom is -0.377 e. The first kappa shape index (κ1) is 20.2. The molecule has 0 aromatic carbocycles. The lowest BCUT2D eigenvalue weighted by atomic mass is 10.1. The van der Waals surface area contributed by atoms with Gasteiger partial charge in [0.25, 0.3) is 0 Å². The van der Waals surface area contributed by atoms with Gasteiger partial charge < -0.3 is 20.1 Å². The predicted molar refractivity (Wildman–Crippen MR) is 84.1 cm³/mol. The van der Waals surface area contributed by atoms with Gasteiger partial charge in [-0.3, -0.25) is 14.3 Å². The Morgan fingerprint density at radius 1 is 1.19 bits per heavy atom. The van der Waals surface area contributed by atoms with Crippen LogP contribution in [-0.4, -0.2) is 57.9 Å². The fraction of sp³-hybridized carbons (Fsp3) is 0.846. The van der Waals surface area contributed by atoms with E-state index in [2.05, 4.69) is 35.1 Å². The van der Waals surface area contributed by atoms with E-state index in [1.807, 2.05) is 0 Å². The van der Waals surface area contributed by atoms with Crippen molar-refractivity contribution in [1.82, 2.24) is 15.4 Å². The van der Waals surface area contributed by atoms with E-state index in [0.29, 0.717) is 45.4 Å². The molecule has 0 aliphatic heterocycles. The van der Waals surface area contributed by atoms with E-state index in [1.54, 1.807) is 0 Å². The second kappa shape index (κ2) is 15.6. The van der Waals surface area contributed by atoms with Gasteiger partial charge in [-0.1, -0.05) is 19.2 Å². The van der Waals surface area contributed by atoms with Gasteiger partial charge in [0.1, 0.15) is 6.61 Å². The number of thiol groups is 1. The van der Waals surface area contributed by atoms with Crippen LogP contribution in [0.3, 0.4) is 0 Å². The predicted octanol–water partition coefficient (Wildman–Crippen LogP) is -0.125. The molecule has 1 atom stereocenters. The molecule has 21 heavy (non-hydrogen) atoms. The smallest absolute Gasteiger partial charge is 0.245 e. The van der Waals surface area contributed by atoms with E-state index < -0.39 is 0 Å². The maximum atomic E-state index is 11.4. The van der Waals surface area contributed by atoms with E-state index in [4.69, 9.17) is 9.47 Å². The maximum Gasteiger partial charge on any atom is 0.245 e. The summed E-state index contributed by atoms with van der Waals surface area (Å²) in [4.78, 5) is 21.4. The van der Waals surface area contributed by atoms with Gasteiger partial charge in [0, 0.05) is 19.1 Å². The molecule has 0 rings (SSSR count). The van der Waals surface area contributed by atoms with Crippen molar-refractivity contribution in [2.75, 3.05) is 39.5 Å². The zero-order valence-electron chi connectivity index (χ0n) is 12.6. The molecule has 0 aromatic heterocycles. The van der Waals surface area contributed by atoms with E-state index in [0.717, 1.165) is 19.3 Å². The third-order valence-electron chi connectivity index (χ3n) is 2.69. The number of amides is 2. The normalized spacial score (nSPS) is 11.9. The highest BCUT2D eigenvalue weighted by molar-refractivity contribution is 7.78. The number of hydrogen-bond acceptors (Lipinski definition) is 6. The van der Waals surface area contributed by atoms with Crippen LogP contribution in [0, 0.1) is 0 Å². The van der Waals surface area contributed by atoms with Crippen LogP contribution in [0.1, 0.15) is 26.2 Å². The number of ether oxygens (including phenoxy) is 2. The summed E-state index contributed by atoms with van der Waals surface area (Å²) in [6.07, 6.45) is 3.64. The third kappa shape index (κ3) is 15.4. The van der Waals surface area contributed by atoms with E-state index in [-0.39, 0.29) is 12.5 Å². The van der Waals surface area contributed by atoms with Crippen molar-refractivity contribution in [3.05, 3.63) is 0 Å². The lowest BCUT2D eigenvalue weighted by Crippen LogP contribution is -2.29. The molecule has 0 aliphatic carbocycles. The highest BCUT2D eigenvalue weighted by Crippen LogP contribution is 1.99. The molecule has 2 amide bonds. The Kier molecular flexibility index (Phi) is 14.9. The largest absolute Gasteiger partial charge is 0.377 e. The number of carbonyl (C=O) groups excluding carboxylic acids is 2. The summed E-state index contributed by atoms with van der Waals surface area (Å²) in [6.45, 7) is 4.46. The number of nitrogens with one attached hydrogen (secondary N) is 3. The summed E-state index contributed by atoms with van der Waals surface area (Å²) in [5.74, 6) is -0.113. The van der Waals surface area contributed by atoms with Gasteiger partial charge in [-0.15, -0.1) is 0 Å². The molecule has 7 nitrogen and oxygen atoms in total. The SMILES string of the molecule is CC(CCCCNC(=O)COCCOCCNC=O)NS. The molecule has 0 heterocycles. The van der Waals surface area contributed by atoms with E-state index in [9.17, 15) is 9.59 Å². The molecule has 8 heteroatoms. The highest BCUT2D eigenvalue weighted by Gasteiger charge is 2.01. The molecule has 0 spiro atoms. The molecule has 0 radical (unpaired) electrons. The molecule has 0 aliphatic rings. The van der Waals surface area contributed by atoms with Gasteiger partial charge in [-0.2, -0.15) is 0 Å². The van der Waals surface area contributed by atoms with Gasteiger partial charge in [0.05, 0.1) is 19.8 Å². The second-order valence-electron chi connectivity index (χ2n) is 4.61. The lowest BCUT2D eigenvalue weighted by molar-refractivity contribution is -0.126. The van der Waals surface area contributed by atoms with Crippen LogP contribution >= 0.6 is 12.8 Å². The summed E-state index contributed by atoms with van der Waals surface area (Å²) in [5.41, 5.74) is 0. The summed E-state index contributed by atoms with van der Waals surface area (Å²) in [5, 5.41) is 5.28. The van der Waals surface area contributed by atoms with Crippen LogP contribution in [0.25, 0.3) is 0 Å². The molecule has 124 valence electrons. The van der Waals surface area contributed by atoms with Crippen LogP contribution in [0.4, 0.5) is 0 Å². The Labute approximate surface area is 132 Å². The molecule has 0 aromatic rings. The monoisotopic (exact) mass is 321 g/mol.